The third-order valence-corrected chi connectivity index (χ3v) is 3.10. The third-order valence-electron chi connectivity index (χ3n) is 2.24. The van der Waals surface area contributed by atoms with Gasteiger partial charge in [-0.1, -0.05) is 12.1 Å². The van der Waals surface area contributed by atoms with E-state index in [-0.39, 0.29) is 5.82 Å². The molecule has 0 saturated carbocycles. The van der Waals surface area contributed by atoms with E-state index in [2.05, 4.69) is 18.4 Å². The molecule has 72 valence electrons. The highest BCUT2D eigenvalue weighted by molar-refractivity contribution is 7.10. The maximum absolute atomic E-state index is 13.3. The van der Waals surface area contributed by atoms with Gasteiger partial charge in [0, 0.05) is 4.88 Å². The molecular formula is C12H11FS. The van der Waals surface area contributed by atoms with Gasteiger partial charge < -0.3 is 0 Å². The number of halogens is 1. The summed E-state index contributed by atoms with van der Waals surface area (Å²) in [5.74, 6) is -0.133. The monoisotopic (exact) mass is 206 g/mol. The van der Waals surface area contributed by atoms with E-state index in [1.807, 2.05) is 12.1 Å². The van der Waals surface area contributed by atoms with Crippen LogP contribution in [-0.2, 0) is 0 Å². The average Bonchev–Trinajstić information content (AvgIpc) is 2.57. The second kappa shape index (κ2) is 3.54. The lowest BCUT2D eigenvalue weighted by Gasteiger charge is -2.00. The lowest BCUT2D eigenvalue weighted by atomic mass is 10.1. The molecule has 0 aliphatic rings. The quantitative estimate of drug-likeness (QED) is 0.657. The SMILES string of the molecule is Cc1cc(-c2ccc(C)c(F)c2)cs1. The maximum atomic E-state index is 13.3. The molecule has 1 aromatic heterocycles. The minimum absolute atomic E-state index is 0.133. The van der Waals surface area contributed by atoms with Crippen molar-refractivity contribution in [3.8, 4) is 11.1 Å². The topological polar surface area (TPSA) is 0 Å². The zero-order valence-electron chi connectivity index (χ0n) is 8.17. The van der Waals surface area contributed by atoms with E-state index in [4.69, 9.17) is 0 Å². The van der Waals surface area contributed by atoms with Crippen LogP contribution in [0.15, 0.2) is 29.6 Å². The molecule has 0 fully saturated rings. The van der Waals surface area contributed by atoms with Gasteiger partial charge in [0.1, 0.15) is 5.82 Å². The largest absolute Gasteiger partial charge is 0.207 e. The van der Waals surface area contributed by atoms with Crippen molar-refractivity contribution in [2.24, 2.45) is 0 Å². The molecule has 2 heteroatoms. The number of hydrogen-bond donors (Lipinski definition) is 0. The molecule has 0 aliphatic carbocycles. The lowest BCUT2D eigenvalue weighted by molar-refractivity contribution is 0.619. The summed E-state index contributed by atoms with van der Waals surface area (Å²) in [5, 5.41) is 2.06. The van der Waals surface area contributed by atoms with Crippen LogP contribution in [0.5, 0.6) is 0 Å². The van der Waals surface area contributed by atoms with Crippen LogP contribution in [0.3, 0.4) is 0 Å². The molecule has 0 N–H and O–H groups in total. The molecule has 0 saturated heterocycles. The first-order chi connectivity index (χ1) is 6.66. The Balaban J connectivity index is 2.47. The van der Waals surface area contributed by atoms with Crippen LogP contribution in [0.25, 0.3) is 11.1 Å². The normalized spacial score (nSPS) is 10.5. The summed E-state index contributed by atoms with van der Waals surface area (Å²) in [4.78, 5) is 1.25. The molecule has 1 aromatic carbocycles. The van der Waals surface area contributed by atoms with Gasteiger partial charge in [-0.15, -0.1) is 11.3 Å². The number of hydrogen-bond acceptors (Lipinski definition) is 1. The van der Waals surface area contributed by atoms with Crippen molar-refractivity contribution >= 4 is 11.3 Å². The fraction of sp³-hybridized carbons (Fsp3) is 0.167. The number of thiophene rings is 1. The van der Waals surface area contributed by atoms with Crippen molar-refractivity contribution in [1.82, 2.24) is 0 Å². The molecule has 0 spiro atoms. The van der Waals surface area contributed by atoms with Crippen molar-refractivity contribution in [2.75, 3.05) is 0 Å². The van der Waals surface area contributed by atoms with Crippen LogP contribution in [-0.4, -0.2) is 0 Å². The van der Waals surface area contributed by atoms with E-state index in [9.17, 15) is 4.39 Å². The highest BCUT2D eigenvalue weighted by atomic mass is 32.1. The van der Waals surface area contributed by atoms with Crippen molar-refractivity contribution in [3.05, 3.63) is 45.9 Å². The Kier molecular flexibility index (Phi) is 2.38. The van der Waals surface area contributed by atoms with Crippen LogP contribution in [0.2, 0.25) is 0 Å². The number of rotatable bonds is 1. The van der Waals surface area contributed by atoms with Crippen LogP contribution >= 0.6 is 11.3 Å². The fourth-order valence-electron chi connectivity index (χ4n) is 1.37. The van der Waals surface area contributed by atoms with Gasteiger partial charge >= 0.3 is 0 Å². The first-order valence-electron chi connectivity index (χ1n) is 4.48. The molecule has 1 heterocycles. The average molecular weight is 206 g/mol. The standard InChI is InChI=1S/C12H11FS/c1-8-3-4-10(6-12(8)13)11-5-9(2)14-7-11/h3-7H,1-2H3. The first-order valence-corrected chi connectivity index (χ1v) is 5.36. The molecule has 0 aliphatic heterocycles. The Morgan fingerprint density at radius 1 is 1.07 bits per heavy atom. The summed E-state index contributed by atoms with van der Waals surface area (Å²) in [5.41, 5.74) is 2.75. The van der Waals surface area contributed by atoms with Gasteiger partial charge in [-0.25, -0.2) is 4.39 Å². The fourth-order valence-corrected chi connectivity index (χ4v) is 2.08. The van der Waals surface area contributed by atoms with E-state index in [1.165, 1.54) is 4.88 Å². The molecule has 0 radical (unpaired) electrons. The maximum Gasteiger partial charge on any atom is 0.126 e. The molecule has 2 aromatic rings. The Bertz CT molecular complexity index is 457. The third kappa shape index (κ3) is 1.70. The summed E-state index contributed by atoms with van der Waals surface area (Å²) >= 11 is 1.69. The predicted octanol–water partition coefficient (Wildman–Crippen LogP) is 4.17. The molecule has 0 unspecified atom stereocenters. The van der Waals surface area contributed by atoms with Crippen LogP contribution in [0.4, 0.5) is 4.39 Å². The van der Waals surface area contributed by atoms with Gasteiger partial charge in [0.05, 0.1) is 0 Å². The summed E-state index contributed by atoms with van der Waals surface area (Å²) in [6.45, 7) is 3.83. The Morgan fingerprint density at radius 2 is 1.86 bits per heavy atom. The Morgan fingerprint density at radius 3 is 2.43 bits per heavy atom. The predicted molar refractivity (Wildman–Crippen MR) is 59.2 cm³/mol. The lowest BCUT2D eigenvalue weighted by Crippen LogP contribution is -1.82. The van der Waals surface area contributed by atoms with E-state index < -0.39 is 0 Å². The summed E-state index contributed by atoms with van der Waals surface area (Å²) in [6.07, 6.45) is 0. The van der Waals surface area contributed by atoms with E-state index in [0.717, 1.165) is 11.1 Å². The van der Waals surface area contributed by atoms with Crippen molar-refractivity contribution in [3.63, 3.8) is 0 Å². The van der Waals surface area contributed by atoms with Crippen LogP contribution < -0.4 is 0 Å². The van der Waals surface area contributed by atoms with Gasteiger partial charge in [-0.2, -0.15) is 0 Å². The van der Waals surface area contributed by atoms with Crippen molar-refractivity contribution in [2.45, 2.75) is 13.8 Å². The van der Waals surface area contributed by atoms with Crippen LogP contribution in [0.1, 0.15) is 10.4 Å². The highest BCUT2D eigenvalue weighted by Crippen LogP contribution is 2.26. The van der Waals surface area contributed by atoms with Gasteiger partial charge in [-0.05, 0) is 48.1 Å². The molecule has 0 atom stereocenters. The summed E-state index contributed by atoms with van der Waals surface area (Å²) < 4.78 is 13.3. The second-order valence-electron chi connectivity index (χ2n) is 3.41. The van der Waals surface area contributed by atoms with Crippen molar-refractivity contribution < 1.29 is 4.39 Å². The minimum Gasteiger partial charge on any atom is -0.207 e. The van der Waals surface area contributed by atoms with Crippen molar-refractivity contribution in [1.29, 1.82) is 0 Å². The van der Waals surface area contributed by atoms with Gasteiger partial charge in [-0.3, -0.25) is 0 Å². The highest BCUT2D eigenvalue weighted by Gasteiger charge is 2.03. The Hall–Kier alpha value is -1.15. The molecule has 0 amide bonds. The van der Waals surface area contributed by atoms with E-state index >= 15 is 0 Å². The molecule has 14 heavy (non-hydrogen) atoms. The summed E-state index contributed by atoms with van der Waals surface area (Å²) in [7, 11) is 0. The van der Waals surface area contributed by atoms with Gasteiger partial charge in [0.2, 0.25) is 0 Å². The number of benzene rings is 1. The zero-order chi connectivity index (χ0) is 10.1. The summed E-state index contributed by atoms with van der Waals surface area (Å²) in [6, 6.07) is 7.45. The Labute approximate surface area is 87.0 Å². The first kappa shape index (κ1) is 9.41. The second-order valence-corrected chi connectivity index (χ2v) is 4.53. The smallest absolute Gasteiger partial charge is 0.126 e. The minimum atomic E-state index is -0.133. The molecule has 0 bridgehead atoms. The molecule has 0 nitrogen and oxygen atoms in total. The molecular weight excluding hydrogens is 195 g/mol. The van der Waals surface area contributed by atoms with Gasteiger partial charge in [0.25, 0.3) is 0 Å². The van der Waals surface area contributed by atoms with E-state index in [1.54, 1.807) is 24.3 Å². The zero-order valence-corrected chi connectivity index (χ0v) is 8.99. The number of aryl methyl sites for hydroxylation is 2. The van der Waals surface area contributed by atoms with Gasteiger partial charge in [0.15, 0.2) is 0 Å². The van der Waals surface area contributed by atoms with Crippen LogP contribution in [0, 0.1) is 19.7 Å². The molecule has 2 rings (SSSR count). The van der Waals surface area contributed by atoms with E-state index in [0.29, 0.717) is 5.56 Å².